The highest BCUT2D eigenvalue weighted by Gasteiger charge is 2.42. The molecule has 2 atom stereocenters. The van der Waals surface area contributed by atoms with Gasteiger partial charge in [-0.2, -0.15) is 0 Å². The van der Waals surface area contributed by atoms with E-state index in [4.69, 9.17) is 24.7 Å². The van der Waals surface area contributed by atoms with Crippen molar-refractivity contribution in [1.29, 1.82) is 0 Å². The predicted octanol–water partition coefficient (Wildman–Crippen LogP) is 1.11. The molecule has 0 radical (unpaired) electrons. The Balaban J connectivity index is 2.46. The maximum Gasteiger partial charge on any atom is 0.164 e. The third-order valence-electron chi connectivity index (χ3n) is 4.15. The van der Waals surface area contributed by atoms with Gasteiger partial charge < -0.3 is 29.8 Å². The second-order valence-electron chi connectivity index (χ2n) is 5.22. The van der Waals surface area contributed by atoms with Gasteiger partial charge in [-0.1, -0.05) is 0 Å². The van der Waals surface area contributed by atoms with E-state index >= 15 is 0 Å². The maximum absolute atomic E-state index is 10.8. The Hall–Kier alpha value is -1.50. The van der Waals surface area contributed by atoms with Gasteiger partial charge in [0.2, 0.25) is 0 Å². The number of benzene rings is 1. The molecule has 21 heavy (non-hydrogen) atoms. The van der Waals surface area contributed by atoms with Crippen LogP contribution in [-0.4, -0.2) is 46.2 Å². The lowest BCUT2D eigenvalue weighted by Gasteiger charge is -2.32. The Morgan fingerprint density at radius 1 is 1.19 bits per heavy atom. The molecule has 0 amide bonds. The first-order valence-corrected chi connectivity index (χ1v) is 6.87. The standard InChI is InChI=1S/C15H23NO5/c1-18-11-7-13(20-3)12(19-2)6-10(11)14(17)15(8-16)4-5-21-9-15/h6-7,14,17H,4-5,8-9,16H2,1-3H3. The molecule has 1 aromatic carbocycles. The fourth-order valence-corrected chi connectivity index (χ4v) is 2.71. The quantitative estimate of drug-likeness (QED) is 0.818. The highest BCUT2D eigenvalue weighted by Crippen LogP contribution is 2.46. The van der Waals surface area contributed by atoms with Gasteiger partial charge in [-0.15, -0.1) is 0 Å². The first-order chi connectivity index (χ1) is 10.1. The summed E-state index contributed by atoms with van der Waals surface area (Å²) < 4.78 is 21.4. The molecule has 0 bridgehead atoms. The van der Waals surface area contributed by atoms with Crippen molar-refractivity contribution >= 4 is 0 Å². The van der Waals surface area contributed by atoms with Crippen LogP contribution in [0.5, 0.6) is 17.2 Å². The average Bonchev–Trinajstić information content (AvgIpc) is 3.02. The third-order valence-corrected chi connectivity index (χ3v) is 4.15. The van der Waals surface area contributed by atoms with Gasteiger partial charge in [0.1, 0.15) is 5.75 Å². The summed E-state index contributed by atoms with van der Waals surface area (Å²) in [4.78, 5) is 0. The second kappa shape index (κ2) is 6.51. The lowest BCUT2D eigenvalue weighted by atomic mass is 9.78. The van der Waals surface area contributed by atoms with Gasteiger partial charge in [0.05, 0.1) is 34.0 Å². The highest BCUT2D eigenvalue weighted by atomic mass is 16.5. The molecular weight excluding hydrogens is 274 g/mol. The van der Waals surface area contributed by atoms with E-state index in [0.29, 0.717) is 49.0 Å². The Bertz CT molecular complexity index is 485. The van der Waals surface area contributed by atoms with Gasteiger partial charge >= 0.3 is 0 Å². The minimum absolute atomic E-state index is 0.339. The Morgan fingerprint density at radius 2 is 1.81 bits per heavy atom. The molecule has 2 rings (SSSR count). The molecule has 1 aliphatic heterocycles. The molecular formula is C15H23NO5. The van der Waals surface area contributed by atoms with Crippen molar-refractivity contribution in [2.75, 3.05) is 41.1 Å². The van der Waals surface area contributed by atoms with Crippen LogP contribution >= 0.6 is 0 Å². The Labute approximate surface area is 124 Å². The monoisotopic (exact) mass is 297 g/mol. The zero-order valence-electron chi connectivity index (χ0n) is 12.7. The topological polar surface area (TPSA) is 83.2 Å². The summed E-state index contributed by atoms with van der Waals surface area (Å²) in [5.41, 5.74) is 6.03. The van der Waals surface area contributed by atoms with Gasteiger partial charge in [-0.05, 0) is 12.5 Å². The average molecular weight is 297 g/mol. The molecule has 2 unspecified atom stereocenters. The number of ether oxygens (including phenoxy) is 4. The smallest absolute Gasteiger partial charge is 0.164 e. The lowest BCUT2D eigenvalue weighted by Crippen LogP contribution is -2.37. The summed E-state index contributed by atoms with van der Waals surface area (Å²) in [7, 11) is 4.66. The summed E-state index contributed by atoms with van der Waals surface area (Å²) in [5.74, 6) is 1.63. The van der Waals surface area contributed by atoms with Gasteiger partial charge in [-0.25, -0.2) is 0 Å². The van der Waals surface area contributed by atoms with Gasteiger partial charge in [0.15, 0.2) is 11.5 Å². The molecule has 1 fully saturated rings. The molecule has 118 valence electrons. The molecule has 6 nitrogen and oxygen atoms in total. The maximum atomic E-state index is 10.8. The molecule has 1 aromatic rings. The minimum atomic E-state index is -0.792. The molecule has 1 saturated heterocycles. The Kier molecular flexibility index (Phi) is 4.92. The number of methoxy groups -OCH3 is 3. The van der Waals surface area contributed by atoms with E-state index in [9.17, 15) is 5.11 Å². The predicted molar refractivity (Wildman–Crippen MR) is 78.0 cm³/mol. The fourth-order valence-electron chi connectivity index (χ4n) is 2.71. The van der Waals surface area contributed by atoms with Crippen molar-refractivity contribution in [2.45, 2.75) is 12.5 Å². The largest absolute Gasteiger partial charge is 0.496 e. The molecule has 0 saturated carbocycles. The molecule has 6 heteroatoms. The number of nitrogens with two attached hydrogens (primary N) is 1. The van der Waals surface area contributed by atoms with Gasteiger partial charge in [0.25, 0.3) is 0 Å². The van der Waals surface area contributed by atoms with Crippen LogP contribution in [0.4, 0.5) is 0 Å². The van der Waals surface area contributed by atoms with Crippen molar-refractivity contribution in [3.05, 3.63) is 17.7 Å². The normalized spacial score (nSPS) is 22.9. The first-order valence-electron chi connectivity index (χ1n) is 6.87. The van der Waals surface area contributed by atoms with Crippen LogP contribution in [0.15, 0.2) is 12.1 Å². The summed E-state index contributed by atoms with van der Waals surface area (Å²) >= 11 is 0. The van der Waals surface area contributed by atoms with E-state index in [1.807, 2.05) is 0 Å². The second-order valence-corrected chi connectivity index (χ2v) is 5.22. The van der Waals surface area contributed by atoms with E-state index in [1.165, 1.54) is 0 Å². The van der Waals surface area contributed by atoms with Gasteiger partial charge in [0, 0.05) is 30.2 Å². The lowest BCUT2D eigenvalue weighted by molar-refractivity contribution is 0.0174. The van der Waals surface area contributed by atoms with Crippen LogP contribution < -0.4 is 19.9 Å². The number of hydrogen-bond donors (Lipinski definition) is 2. The van der Waals surface area contributed by atoms with Crippen molar-refractivity contribution in [3.8, 4) is 17.2 Å². The van der Waals surface area contributed by atoms with Crippen molar-refractivity contribution in [1.82, 2.24) is 0 Å². The molecule has 0 aromatic heterocycles. The fraction of sp³-hybridized carbons (Fsp3) is 0.600. The zero-order chi connectivity index (χ0) is 15.5. The van der Waals surface area contributed by atoms with Crippen LogP contribution in [0, 0.1) is 5.41 Å². The summed E-state index contributed by atoms with van der Waals surface area (Å²) in [6, 6.07) is 3.44. The van der Waals surface area contributed by atoms with Crippen molar-refractivity contribution in [3.63, 3.8) is 0 Å². The van der Waals surface area contributed by atoms with Crippen molar-refractivity contribution < 1.29 is 24.1 Å². The number of rotatable bonds is 6. The molecule has 0 spiro atoms. The van der Waals surface area contributed by atoms with Crippen LogP contribution in [0.2, 0.25) is 0 Å². The van der Waals surface area contributed by atoms with Crippen LogP contribution in [0.1, 0.15) is 18.1 Å². The SMILES string of the molecule is COc1cc(OC)c(C(O)C2(CN)CCOC2)cc1OC. The molecule has 1 aliphatic rings. The number of aliphatic hydroxyl groups is 1. The molecule has 1 heterocycles. The van der Waals surface area contributed by atoms with Crippen molar-refractivity contribution in [2.24, 2.45) is 11.1 Å². The van der Waals surface area contributed by atoms with Crippen LogP contribution in [0.25, 0.3) is 0 Å². The van der Waals surface area contributed by atoms with Crippen LogP contribution in [-0.2, 0) is 4.74 Å². The Morgan fingerprint density at radius 3 is 2.29 bits per heavy atom. The van der Waals surface area contributed by atoms with E-state index in [1.54, 1.807) is 33.5 Å². The number of aliphatic hydroxyl groups excluding tert-OH is 1. The molecule has 3 N–H and O–H groups in total. The summed E-state index contributed by atoms with van der Waals surface area (Å²) in [5, 5.41) is 10.8. The molecule has 0 aliphatic carbocycles. The zero-order valence-corrected chi connectivity index (χ0v) is 12.7. The number of hydrogen-bond acceptors (Lipinski definition) is 6. The summed E-state index contributed by atoms with van der Waals surface area (Å²) in [6.45, 7) is 1.37. The highest BCUT2D eigenvalue weighted by molar-refractivity contribution is 5.52. The minimum Gasteiger partial charge on any atom is -0.496 e. The third kappa shape index (κ3) is 2.79. The van der Waals surface area contributed by atoms with Crippen LogP contribution in [0.3, 0.4) is 0 Å². The first kappa shape index (κ1) is 15.9. The van der Waals surface area contributed by atoms with E-state index in [-0.39, 0.29) is 0 Å². The van der Waals surface area contributed by atoms with E-state index < -0.39 is 11.5 Å². The summed E-state index contributed by atoms with van der Waals surface area (Å²) in [6.07, 6.45) is -0.0814. The van der Waals surface area contributed by atoms with E-state index in [0.717, 1.165) is 0 Å². The van der Waals surface area contributed by atoms with E-state index in [2.05, 4.69) is 0 Å². The van der Waals surface area contributed by atoms with Gasteiger partial charge in [-0.3, -0.25) is 0 Å².